The van der Waals surface area contributed by atoms with Crippen LogP contribution in [0.15, 0.2) is 24.3 Å². The fraction of sp³-hybridized carbons (Fsp3) is 0.682. The molecular weight excluding hydrogens is 294 g/mol. The van der Waals surface area contributed by atoms with Crippen molar-refractivity contribution in [3.8, 4) is 0 Å². The standard InChI is InChI=1S/C22H37NO/c1-5-7-9-11-17-23(18-12-10-8-6-2)22(24)21-15-13-20(14-16-21)19(3)4/h13-16,19H,5-12,17-18H2,1-4H3. The van der Waals surface area contributed by atoms with Gasteiger partial charge in [0.05, 0.1) is 0 Å². The number of benzene rings is 1. The lowest BCUT2D eigenvalue weighted by atomic mass is 10.0. The number of hydrogen-bond acceptors (Lipinski definition) is 1. The Labute approximate surface area is 149 Å². The highest BCUT2D eigenvalue weighted by Gasteiger charge is 2.15. The van der Waals surface area contributed by atoms with Crippen LogP contribution < -0.4 is 0 Å². The summed E-state index contributed by atoms with van der Waals surface area (Å²) in [5, 5.41) is 0. The van der Waals surface area contributed by atoms with E-state index < -0.39 is 0 Å². The van der Waals surface area contributed by atoms with Crippen molar-refractivity contribution < 1.29 is 4.79 Å². The maximum absolute atomic E-state index is 12.9. The molecule has 0 N–H and O–H groups in total. The fourth-order valence-corrected chi connectivity index (χ4v) is 2.97. The van der Waals surface area contributed by atoms with Crippen molar-refractivity contribution in [1.82, 2.24) is 4.90 Å². The summed E-state index contributed by atoms with van der Waals surface area (Å²) < 4.78 is 0. The van der Waals surface area contributed by atoms with E-state index in [-0.39, 0.29) is 5.91 Å². The van der Waals surface area contributed by atoms with Gasteiger partial charge >= 0.3 is 0 Å². The van der Waals surface area contributed by atoms with Gasteiger partial charge in [0.15, 0.2) is 0 Å². The fourth-order valence-electron chi connectivity index (χ4n) is 2.97. The van der Waals surface area contributed by atoms with Gasteiger partial charge in [-0.05, 0) is 36.5 Å². The molecule has 136 valence electrons. The van der Waals surface area contributed by atoms with E-state index in [1.54, 1.807) is 0 Å². The zero-order chi connectivity index (χ0) is 17.8. The van der Waals surface area contributed by atoms with Gasteiger partial charge in [0.2, 0.25) is 0 Å². The van der Waals surface area contributed by atoms with Gasteiger partial charge in [0.25, 0.3) is 5.91 Å². The number of rotatable bonds is 12. The van der Waals surface area contributed by atoms with Crippen molar-refractivity contribution in [3.63, 3.8) is 0 Å². The van der Waals surface area contributed by atoms with E-state index in [0.29, 0.717) is 5.92 Å². The molecule has 0 atom stereocenters. The summed E-state index contributed by atoms with van der Waals surface area (Å²) in [6.45, 7) is 10.6. The molecule has 0 spiro atoms. The van der Waals surface area contributed by atoms with Crippen molar-refractivity contribution in [2.45, 2.75) is 85.0 Å². The molecule has 24 heavy (non-hydrogen) atoms. The Hall–Kier alpha value is -1.31. The molecule has 0 aliphatic carbocycles. The third-order valence-corrected chi connectivity index (χ3v) is 4.67. The van der Waals surface area contributed by atoms with Crippen LogP contribution in [0.1, 0.15) is 101 Å². The molecule has 1 rings (SSSR count). The summed E-state index contributed by atoms with van der Waals surface area (Å²) in [5.41, 5.74) is 2.13. The first kappa shape index (κ1) is 20.7. The van der Waals surface area contributed by atoms with Crippen LogP contribution in [-0.2, 0) is 0 Å². The molecule has 0 aliphatic rings. The summed E-state index contributed by atoms with van der Waals surface area (Å²) in [4.78, 5) is 15.0. The van der Waals surface area contributed by atoms with Crippen molar-refractivity contribution in [2.24, 2.45) is 0 Å². The molecule has 0 heterocycles. The van der Waals surface area contributed by atoms with E-state index in [0.717, 1.165) is 31.5 Å². The van der Waals surface area contributed by atoms with Gasteiger partial charge in [0, 0.05) is 18.7 Å². The van der Waals surface area contributed by atoms with Crippen LogP contribution in [0.4, 0.5) is 0 Å². The predicted octanol–water partition coefficient (Wildman–Crippen LogP) is 6.41. The maximum Gasteiger partial charge on any atom is 0.253 e. The van der Waals surface area contributed by atoms with Crippen LogP contribution >= 0.6 is 0 Å². The molecule has 0 aromatic heterocycles. The minimum absolute atomic E-state index is 0.207. The lowest BCUT2D eigenvalue weighted by Crippen LogP contribution is -2.33. The molecule has 0 radical (unpaired) electrons. The monoisotopic (exact) mass is 331 g/mol. The molecular formula is C22H37NO. The van der Waals surface area contributed by atoms with Crippen molar-refractivity contribution in [2.75, 3.05) is 13.1 Å². The lowest BCUT2D eigenvalue weighted by molar-refractivity contribution is 0.0749. The lowest BCUT2D eigenvalue weighted by Gasteiger charge is -2.23. The quantitative estimate of drug-likeness (QED) is 0.405. The van der Waals surface area contributed by atoms with E-state index in [2.05, 4.69) is 44.7 Å². The van der Waals surface area contributed by atoms with Crippen LogP contribution in [0.2, 0.25) is 0 Å². The van der Waals surface area contributed by atoms with E-state index >= 15 is 0 Å². The Balaban J connectivity index is 2.65. The Morgan fingerprint density at radius 1 is 0.833 bits per heavy atom. The van der Waals surface area contributed by atoms with Crippen LogP contribution in [0.3, 0.4) is 0 Å². The molecule has 2 nitrogen and oxygen atoms in total. The van der Waals surface area contributed by atoms with Gasteiger partial charge in [-0.1, -0.05) is 78.4 Å². The summed E-state index contributed by atoms with van der Waals surface area (Å²) in [6, 6.07) is 8.21. The van der Waals surface area contributed by atoms with E-state index in [1.165, 1.54) is 44.1 Å². The number of amides is 1. The van der Waals surface area contributed by atoms with Crippen LogP contribution in [0.25, 0.3) is 0 Å². The largest absolute Gasteiger partial charge is 0.339 e. The Kier molecular flexibility index (Phi) is 10.5. The summed E-state index contributed by atoms with van der Waals surface area (Å²) in [7, 11) is 0. The highest BCUT2D eigenvalue weighted by Crippen LogP contribution is 2.16. The SMILES string of the molecule is CCCCCCN(CCCCCC)C(=O)c1ccc(C(C)C)cc1. The van der Waals surface area contributed by atoms with Gasteiger partial charge in [-0.15, -0.1) is 0 Å². The highest BCUT2D eigenvalue weighted by molar-refractivity contribution is 5.94. The molecule has 1 amide bonds. The molecule has 1 aromatic rings. The second-order valence-electron chi connectivity index (χ2n) is 7.19. The van der Waals surface area contributed by atoms with Gasteiger partial charge in [-0.25, -0.2) is 0 Å². The molecule has 1 aromatic carbocycles. The topological polar surface area (TPSA) is 20.3 Å². The van der Waals surface area contributed by atoms with E-state index in [4.69, 9.17) is 0 Å². The average Bonchev–Trinajstić information content (AvgIpc) is 2.60. The first-order chi connectivity index (χ1) is 11.6. The van der Waals surface area contributed by atoms with E-state index in [9.17, 15) is 4.79 Å². The third kappa shape index (κ3) is 7.51. The minimum Gasteiger partial charge on any atom is -0.339 e. The third-order valence-electron chi connectivity index (χ3n) is 4.67. The average molecular weight is 332 g/mol. The normalized spacial score (nSPS) is 11.0. The van der Waals surface area contributed by atoms with Crippen molar-refractivity contribution >= 4 is 5.91 Å². The second-order valence-corrected chi connectivity index (χ2v) is 7.19. The number of carbonyl (C=O) groups is 1. The zero-order valence-corrected chi connectivity index (χ0v) is 16.3. The van der Waals surface area contributed by atoms with Crippen molar-refractivity contribution in [3.05, 3.63) is 35.4 Å². The predicted molar refractivity (Wildman–Crippen MR) is 105 cm³/mol. The maximum atomic E-state index is 12.9. The van der Waals surface area contributed by atoms with Gasteiger partial charge in [0.1, 0.15) is 0 Å². The number of unbranched alkanes of at least 4 members (excludes halogenated alkanes) is 6. The van der Waals surface area contributed by atoms with Gasteiger partial charge < -0.3 is 4.90 Å². The summed E-state index contributed by atoms with van der Waals surface area (Å²) in [5.74, 6) is 0.714. The molecule has 0 aliphatic heterocycles. The number of hydrogen-bond donors (Lipinski definition) is 0. The first-order valence-electron chi connectivity index (χ1n) is 9.99. The molecule has 0 saturated carbocycles. The highest BCUT2D eigenvalue weighted by atomic mass is 16.2. The first-order valence-corrected chi connectivity index (χ1v) is 9.99. The molecule has 0 bridgehead atoms. The smallest absolute Gasteiger partial charge is 0.253 e. The molecule has 0 fully saturated rings. The minimum atomic E-state index is 0.207. The van der Waals surface area contributed by atoms with Crippen LogP contribution in [0, 0.1) is 0 Å². The zero-order valence-electron chi connectivity index (χ0n) is 16.3. The van der Waals surface area contributed by atoms with Crippen LogP contribution in [0.5, 0.6) is 0 Å². The molecule has 0 unspecified atom stereocenters. The summed E-state index contributed by atoms with van der Waals surface area (Å²) >= 11 is 0. The van der Waals surface area contributed by atoms with Gasteiger partial charge in [-0.2, -0.15) is 0 Å². The summed E-state index contributed by atoms with van der Waals surface area (Å²) in [6.07, 6.45) is 9.70. The number of nitrogens with zero attached hydrogens (tertiary/aromatic N) is 1. The van der Waals surface area contributed by atoms with Gasteiger partial charge in [-0.3, -0.25) is 4.79 Å². The molecule has 0 saturated heterocycles. The number of carbonyl (C=O) groups excluding carboxylic acids is 1. The van der Waals surface area contributed by atoms with E-state index in [1.807, 2.05) is 12.1 Å². The Morgan fingerprint density at radius 2 is 1.33 bits per heavy atom. The van der Waals surface area contributed by atoms with Crippen molar-refractivity contribution in [1.29, 1.82) is 0 Å². The Morgan fingerprint density at radius 3 is 1.75 bits per heavy atom. The Bertz CT molecular complexity index is 438. The molecule has 2 heteroatoms. The van der Waals surface area contributed by atoms with Crippen LogP contribution in [-0.4, -0.2) is 23.9 Å². The second kappa shape index (κ2) is 12.1.